The molecule has 0 aromatic carbocycles. The number of rotatable bonds is 3. The summed E-state index contributed by atoms with van der Waals surface area (Å²) in [5.41, 5.74) is 1.40. The highest BCUT2D eigenvalue weighted by Gasteiger charge is 2.29. The van der Waals surface area contributed by atoms with Gasteiger partial charge in [0.05, 0.1) is 5.56 Å². The van der Waals surface area contributed by atoms with Gasteiger partial charge in [-0.1, -0.05) is 0 Å². The van der Waals surface area contributed by atoms with Crippen LogP contribution in [-0.4, -0.2) is 51.0 Å². The van der Waals surface area contributed by atoms with Gasteiger partial charge >= 0.3 is 0 Å². The van der Waals surface area contributed by atoms with Crippen LogP contribution in [0.25, 0.3) is 5.65 Å². The molecule has 0 atom stereocenters. The fourth-order valence-corrected chi connectivity index (χ4v) is 3.36. The molecule has 0 spiro atoms. The molecule has 3 aromatic heterocycles. The van der Waals surface area contributed by atoms with Crippen LogP contribution in [0.2, 0.25) is 0 Å². The molecule has 8 nitrogen and oxygen atoms in total. The molecule has 3 aromatic rings. The van der Waals surface area contributed by atoms with Gasteiger partial charge in [0.1, 0.15) is 17.7 Å². The van der Waals surface area contributed by atoms with Gasteiger partial charge in [0.15, 0.2) is 11.5 Å². The summed E-state index contributed by atoms with van der Waals surface area (Å²) in [4.78, 5) is 8.92. The number of anilines is 2. The first-order chi connectivity index (χ1) is 12.8. The second-order valence-electron chi connectivity index (χ2n) is 6.78. The van der Waals surface area contributed by atoms with Crippen molar-refractivity contribution in [3.63, 3.8) is 0 Å². The summed E-state index contributed by atoms with van der Waals surface area (Å²) in [7, 11) is 0. The van der Waals surface area contributed by atoms with Gasteiger partial charge < -0.3 is 9.80 Å². The predicted octanol–water partition coefficient (Wildman–Crippen LogP) is 1.59. The lowest BCUT2D eigenvalue weighted by atomic mass is 10.2. The van der Waals surface area contributed by atoms with Crippen molar-refractivity contribution >= 4 is 17.3 Å². The lowest BCUT2D eigenvalue weighted by molar-refractivity contribution is 0.634. The molecule has 1 saturated carbocycles. The van der Waals surface area contributed by atoms with Crippen molar-refractivity contribution in [1.29, 1.82) is 5.26 Å². The van der Waals surface area contributed by atoms with Crippen LogP contribution in [0.5, 0.6) is 0 Å². The van der Waals surface area contributed by atoms with Gasteiger partial charge in [-0.15, -0.1) is 15.3 Å². The third-order valence-electron chi connectivity index (χ3n) is 5.02. The summed E-state index contributed by atoms with van der Waals surface area (Å²) in [6, 6.07) is 9.85. The highest BCUT2D eigenvalue weighted by molar-refractivity contribution is 5.49. The largest absolute Gasteiger partial charge is 0.353 e. The zero-order valence-electron chi connectivity index (χ0n) is 14.3. The Morgan fingerprint density at radius 3 is 2.31 bits per heavy atom. The Bertz CT molecular complexity index is 975. The van der Waals surface area contributed by atoms with Gasteiger partial charge in [0.25, 0.3) is 0 Å². The Morgan fingerprint density at radius 2 is 1.65 bits per heavy atom. The van der Waals surface area contributed by atoms with Crippen LogP contribution in [0, 0.1) is 11.3 Å². The summed E-state index contributed by atoms with van der Waals surface area (Å²) in [5, 5.41) is 22.2. The average Bonchev–Trinajstić information content (AvgIpc) is 3.47. The molecule has 0 N–H and O–H groups in total. The third-order valence-corrected chi connectivity index (χ3v) is 5.02. The molecule has 0 bridgehead atoms. The highest BCUT2D eigenvalue weighted by Crippen LogP contribution is 2.38. The van der Waals surface area contributed by atoms with Crippen LogP contribution >= 0.6 is 0 Å². The number of pyridine rings is 1. The SMILES string of the molecule is N#Cc1ccc(N2CCN(c3ccc4nnc(C5CC5)n4n3)CC2)nc1. The lowest BCUT2D eigenvalue weighted by Gasteiger charge is -2.35. The van der Waals surface area contributed by atoms with Gasteiger partial charge in [-0.05, 0) is 37.1 Å². The summed E-state index contributed by atoms with van der Waals surface area (Å²) in [6.45, 7) is 3.49. The summed E-state index contributed by atoms with van der Waals surface area (Å²) in [6.07, 6.45) is 3.99. The van der Waals surface area contributed by atoms with E-state index in [0.717, 1.165) is 49.3 Å². The van der Waals surface area contributed by atoms with Gasteiger partial charge in [-0.2, -0.15) is 9.78 Å². The summed E-state index contributed by atoms with van der Waals surface area (Å²) >= 11 is 0. The second kappa shape index (κ2) is 5.95. The molecule has 1 aliphatic carbocycles. The van der Waals surface area contributed by atoms with E-state index in [4.69, 9.17) is 10.4 Å². The third kappa shape index (κ3) is 2.62. The first kappa shape index (κ1) is 15.1. The minimum Gasteiger partial charge on any atom is -0.353 e. The quantitative estimate of drug-likeness (QED) is 0.712. The zero-order valence-corrected chi connectivity index (χ0v) is 14.3. The van der Waals surface area contributed by atoms with E-state index in [1.54, 1.807) is 6.20 Å². The maximum absolute atomic E-state index is 8.89. The molecule has 5 rings (SSSR count). The zero-order chi connectivity index (χ0) is 17.5. The van der Waals surface area contributed by atoms with Crippen LogP contribution < -0.4 is 9.80 Å². The van der Waals surface area contributed by atoms with Crippen molar-refractivity contribution in [2.45, 2.75) is 18.8 Å². The first-order valence-electron chi connectivity index (χ1n) is 8.90. The van der Waals surface area contributed by atoms with E-state index in [0.29, 0.717) is 11.5 Å². The van der Waals surface area contributed by atoms with Crippen LogP contribution in [0.4, 0.5) is 11.6 Å². The van der Waals surface area contributed by atoms with E-state index in [1.807, 2.05) is 28.8 Å². The second-order valence-corrected chi connectivity index (χ2v) is 6.78. The molecular weight excluding hydrogens is 328 g/mol. The molecule has 4 heterocycles. The molecule has 1 aliphatic heterocycles. The molecule has 8 heteroatoms. The van der Waals surface area contributed by atoms with Crippen molar-refractivity contribution < 1.29 is 0 Å². The highest BCUT2D eigenvalue weighted by atomic mass is 15.4. The van der Waals surface area contributed by atoms with E-state index in [1.165, 1.54) is 12.8 Å². The van der Waals surface area contributed by atoms with E-state index < -0.39 is 0 Å². The van der Waals surface area contributed by atoms with E-state index in [2.05, 4.69) is 31.1 Å². The Kier molecular flexibility index (Phi) is 3.45. The van der Waals surface area contributed by atoms with Crippen molar-refractivity contribution in [3.8, 4) is 6.07 Å². The van der Waals surface area contributed by atoms with Crippen LogP contribution in [0.15, 0.2) is 30.5 Å². The number of hydrogen-bond acceptors (Lipinski definition) is 7. The van der Waals surface area contributed by atoms with Gasteiger partial charge in [0, 0.05) is 38.3 Å². The molecule has 1 saturated heterocycles. The molecule has 2 fully saturated rings. The van der Waals surface area contributed by atoms with Crippen LogP contribution in [0.1, 0.15) is 30.1 Å². The average molecular weight is 346 g/mol. The molecular formula is C18H18N8. The number of nitrogens with zero attached hydrogens (tertiary/aromatic N) is 8. The van der Waals surface area contributed by atoms with Gasteiger partial charge in [0.2, 0.25) is 0 Å². The fraction of sp³-hybridized carbons (Fsp3) is 0.389. The van der Waals surface area contributed by atoms with Crippen molar-refractivity contribution in [2.24, 2.45) is 0 Å². The fourth-order valence-electron chi connectivity index (χ4n) is 3.36. The Balaban J connectivity index is 1.32. The Labute approximate surface area is 150 Å². The number of fused-ring (bicyclic) bond motifs is 1. The first-order valence-corrected chi connectivity index (χ1v) is 8.90. The number of hydrogen-bond donors (Lipinski definition) is 0. The lowest BCUT2D eigenvalue weighted by Crippen LogP contribution is -2.47. The van der Waals surface area contributed by atoms with Crippen molar-refractivity contribution in [2.75, 3.05) is 36.0 Å². The van der Waals surface area contributed by atoms with Gasteiger partial charge in [-0.25, -0.2) is 4.98 Å². The molecule has 2 aliphatic rings. The summed E-state index contributed by atoms with van der Waals surface area (Å²) < 4.78 is 1.90. The number of aromatic nitrogens is 5. The molecule has 130 valence electrons. The Hall–Kier alpha value is -3.21. The standard InChI is InChI=1S/C18H18N8/c19-11-13-1-4-15(20-12-13)24-7-9-25(10-8-24)17-6-5-16-21-22-18(14-2-3-14)26(16)23-17/h1,4-6,12,14H,2-3,7-10H2. The maximum Gasteiger partial charge on any atom is 0.178 e. The van der Waals surface area contributed by atoms with Crippen LogP contribution in [-0.2, 0) is 0 Å². The monoisotopic (exact) mass is 346 g/mol. The van der Waals surface area contributed by atoms with Gasteiger partial charge in [-0.3, -0.25) is 0 Å². The van der Waals surface area contributed by atoms with Crippen molar-refractivity contribution in [1.82, 2.24) is 24.8 Å². The molecule has 0 radical (unpaired) electrons. The Morgan fingerprint density at radius 1 is 0.923 bits per heavy atom. The number of nitriles is 1. The minimum absolute atomic E-state index is 0.520. The van der Waals surface area contributed by atoms with Crippen LogP contribution in [0.3, 0.4) is 0 Å². The topological polar surface area (TPSA) is 86.2 Å². The van der Waals surface area contributed by atoms with E-state index in [-0.39, 0.29) is 0 Å². The molecule has 0 amide bonds. The minimum atomic E-state index is 0.520. The van der Waals surface area contributed by atoms with E-state index >= 15 is 0 Å². The summed E-state index contributed by atoms with van der Waals surface area (Å²) in [5.74, 6) is 3.39. The molecule has 0 unspecified atom stereocenters. The predicted molar refractivity (Wildman–Crippen MR) is 96.1 cm³/mol. The number of piperazine rings is 1. The maximum atomic E-state index is 8.89. The smallest absolute Gasteiger partial charge is 0.178 e. The van der Waals surface area contributed by atoms with Crippen molar-refractivity contribution in [3.05, 3.63) is 41.9 Å². The normalized spacial score (nSPS) is 17.5. The van der Waals surface area contributed by atoms with E-state index in [9.17, 15) is 0 Å². The molecule has 26 heavy (non-hydrogen) atoms.